The summed E-state index contributed by atoms with van der Waals surface area (Å²) in [5, 5.41) is 12.7. The van der Waals surface area contributed by atoms with Gasteiger partial charge < -0.3 is 15.2 Å². The molecule has 0 bridgehead atoms. The van der Waals surface area contributed by atoms with E-state index in [4.69, 9.17) is 4.74 Å². The average Bonchev–Trinajstić information content (AvgIpc) is 2.32. The number of methoxy groups -OCH3 is 1. The summed E-state index contributed by atoms with van der Waals surface area (Å²) < 4.78 is 6.29. The molecule has 1 unspecified atom stereocenters. The van der Waals surface area contributed by atoms with Crippen molar-refractivity contribution in [3.05, 3.63) is 28.2 Å². The Morgan fingerprint density at radius 1 is 1.53 bits per heavy atom. The Balaban J connectivity index is 2.47. The van der Waals surface area contributed by atoms with Crippen LogP contribution >= 0.6 is 15.9 Å². The molecule has 2 N–H and O–H groups in total. The lowest BCUT2D eigenvalue weighted by atomic mass is 9.62. The average molecular weight is 328 g/mol. The zero-order chi connectivity index (χ0) is 14.0. The first-order chi connectivity index (χ1) is 9.05. The van der Waals surface area contributed by atoms with Crippen molar-refractivity contribution in [2.24, 2.45) is 5.41 Å². The fraction of sp³-hybridized carbons (Fsp3) is 0.500. The first-order valence-corrected chi connectivity index (χ1v) is 7.08. The number of hydrogen-bond acceptors (Lipinski definition) is 3. The van der Waals surface area contributed by atoms with Gasteiger partial charge in [0.25, 0.3) is 0 Å². The normalized spacial score (nSPS) is 18.5. The number of nitrogens with one attached hydrogen (secondary N) is 1. The molecule has 5 heteroatoms. The summed E-state index contributed by atoms with van der Waals surface area (Å²) >= 11 is 3.44. The maximum atomic E-state index is 11.7. The van der Waals surface area contributed by atoms with Crippen molar-refractivity contribution < 1.29 is 14.6 Å². The van der Waals surface area contributed by atoms with Crippen LogP contribution in [0.3, 0.4) is 0 Å². The van der Waals surface area contributed by atoms with E-state index in [1.54, 1.807) is 14.2 Å². The van der Waals surface area contributed by atoms with Crippen LogP contribution in [0.25, 0.3) is 0 Å². The molecule has 4 nitrogen and oxygen atoms in total. The third-order valence-electron chi connectivity index (χ3n) is 4.02. The van der Waals surface area contributed by atoms with Crippen LogP contribution in [0.1, 0.15) is 30.9 Å². The fourth-order valence-corrected chi connectivity index (χ4v) is 3.22. The lowest BCUT2D eigenvalue weighted by Crippen LogP contribution is -2.48. The van der Waals surface area contributed by atoms with Gasteiger partial charge in [0, 0.05) is 10.0 Å². The Kier molecular flexibility index (Phi) is 4.16. The van der Waals surface area contributed by atoms with E-state index in [1.807, 2.05) is 18.2 Å². The quantitative estimate of drug-likeness (QED) is 0.872. The van der Waals surface area contributed by atoms with Crippen molar-refractivity contribution in [1.82, 2.24) is 5.32 Å². The van der Waals surface area contributed by atoms with E-state index in [2.05, 4.69) is 21.2 Å². The molecule has 0 heterocycles. The van der Waals surface area contributed by atoms with E-state index in [0.717, 1.165) is 22.2 Å². The van der Waals surface area contributed by atoms with Crippen LogP contribution in [0, 0.1) is 5.41 Å². The van der Waals surface area contributed by atoms with Gasteiger partial charge in [0.2, 0.25) is 0 Å². The molecule has 19 heavy (non-hydrogen) atoms. The van der Waals surface area contributed by atoms with Gasteiger partial charge >= 0.3 is 5.97 Å². The van der Waals surface area contributed by atoms with Gasteiger partial charge in [-0.2, -0.15) is 0 Å². The topological polar surface area (TPSA) is 58.6 Å². The summed E-state index contributed by atoms with van der Waals surface area (Å²) in [5.74, 6) is -0.0183. The number of benzene rings is 1. The molecule has 104 valence electrons. The Morgan fingerprint density at radius 3 is 2.63 bits per heavy atom. The molecule has 1 aliphatic rings. The van der Waals surface area contributed by atoms with Crippen molar-refractivity contribution in [3.63, 3.8) is 0 Å². The maximum Gasteiger partial charge on any atom is 0.311 e. The van der Waals surface area contributed by atoms with Crippen molar-refractivity contribution in [1.29, 1.82) is 0 Å². The Morgan fingerprint density at radius 2 is 2.21 bits per heavy atom. The number of carboxylic acid groups (broad SMARTS) is 1. The monoisotopic (exact) mass is 327 g/mol. The Bertz CT molecular complexity index is 486. The molecule has 0 saturated heterocycles. The minimum Gasteiger partial charge on any atom is -0.496 e. The van der Waals surface area contributed by atoms with E-state index in [-0.39, 0.29) is 6.04 Å². The van der Waals surface area contributed by atoms with Gasteiger partial charge in [-0.3, -0.25) is 4.79 Å². The lowest BCUT2D eigenvalue weighted by molar-refractivity contribution is -0.157. The van der Waals surface area contributed by atoms with Gasteiger partial charge in [0.05, 0.1) is 18.6 Å². The van der Waals surface area contributed by atoms with Gasteiger partial charge in [-0.05, 0) is 38.1 Å². The highest BCUT2D eigenvalue weighted by molar-refractivity contribution is 9.10. The van der Waals surface area contributed by atoms with Crippen LogP contribution in [-0.2, 0) is 4.79 Å². The number of hydrogen-bond donors (Lipinski definition) is 2. The second-order valence-electron chi connectivity index (χ2n) is 4.92. The largest absolute Gasteiger partial charge is 0.496 e. The van der Waals surface area contributed by atoms with Gasteiger partial charge in [0.15, 0.2) is 0 Å². The molecule has 2 rings (SSSR count). The molecule has 1 saturated carbocycles. The SMILES string of the molecule is CNC(c1cc(Br)ccc1OC)C1(C(=O)O)CCC1. The molecule has 0 radical (unpaired) electrons. The number of carbonyl (C=O) groups is 1. The van der Waals surface area contributed by atoms with Crippen LogP contribution in [0.15, 0.2) is 22.7 Å². The molecule has 1 aromatic carbocycles. The molecule has 1 atom stereocenters. The number of aliphatic carboxylic acids is 1. The highest BCUT2D eigenvalue weighted by atomic mass is 79.9. The van der Waals surface area contributed by atoms with Crippen LogP contribution in [0.5, 0.6) is 5.75 Å². The first kappa shape index (κ1) is 14.3. The Hall–Kier alpha value is -1.07. The third kappa shape index (κ3) is 2.37. The highest BCUT2D eigenvalue weighted by Gasteiger charge is 2.51. The van der Waals surface area contributed by atoms with Crippen molar-refractivity contribution in [2.75, 3.05) is 14.2 Å². The summed E-state index contributed by atoms with van der Waals surface area (Å²) in [6.07, 6.45) is 2.35. The number of halogens is 1. The van der Waals surface area contributed by atoms with Crippen LogP contribution in [0.4, 0.5) is 0 Å². The predicted octanol–water partition coefficient (Wildman–Crippen LogP) is 2.97. The summed E-state index contributed by atoms with van der Waals surface area (Å²) in [6, 6.07) is 5.44. The minimum atomic E-state index is -0.736. The second-order valence-corrected chi connectivity index (χ2v) is 5.84. The minimum absolute atomic E-state index is 0.244. The van der Waals surface area contributed by atoms with Gasteiger partial charge in [-0.15, -0.1) is 0 Å². The molecule has 0 amide bonds. The fourth-order valence-electron chi connectivity index (χ4n) is 2.84. The summed E-state index contributed by atoms with van der Waals surface area (Å²) in [5.41, 5.74) is 0.171. The van der Waals surface area contributed by atoms with E-state index >= 15 is 0 Å². The molecule has 0 spiro atoms. The van der Waals surface area contributed by atoms with Gasteiger partial charge in [0.1, 0.15) is 5.75 Å². The van der Waals surface area contributed by atoms with E-state index in [0.29, 0.717) is 12.8 Å². The van der Waals surface area contributed by atoms with Crippen LogP contribution < -0.4 is 10.1 Å². The molecular formula is C14H18BrNO3. The van der Waals surface area contributed by atoms with Gasteiger partial charge in [-0.25, -0.2) is 0 Å². The second kappa shape index (κ2) is 5.51. The molecule has 0 aliphatic heterocycles. The molecule has 0 aromatic heterocycles. The molecule has 1 fully saturated rings. The van der Waals surface area contributed by atoms with Crippen LogP contribution in [-0.4, -0.2) is 25.2 Å². The van der Waals surface area contributed by atoms with E-state index < -0.39 is 11.4 Å². The maximum absolute atomic E-state index is 11.7. The molecular weight excluding hydrogens is 310 g/mol. The first-order valence-electron chi connectivity index (χ1n) is 6.29. The Labute approximate surface area is 121 Å². The summed E-state index contributed by atoms with van der Waals surface area (Å²) in [6.45, 7) is 0. The molecule has 1 aliphatic carbocycles. The summed E-state index contributed by atoms with van der Waals surface area (Å²) in [4.78, 5) is 11.7. The van der Waals surface area contributed by atoms with Crippen molar-refractivity contribution >= 4 is 21.9 Å². The van der Waals surface area contributed by atoms with E-state index in [1.165, 1.54) is 0 Å². The standard InChI is InChI=1S/C14H18BrNO3/c1-16-12(14(13(17)18)6-3-7-14)10-8-9(15)4-5-11(10)19-2/h4-5,8,12,16H,3,6-7H2,1-2H3,(H,17,18). The predicted molar refractivity (Wildman–Crippen MR) is 76.4 cm³/mol. The smallest absolute Gasteiger partial charge is 0.311 e. The summed E-state index contributed by atoms with van der Waals surface area (Å²) in [7, 11) is 3.40. The van der Waals surface area contributed by atoms with Gasteiger partial charge in [-0.1, -0.05) is 22.4 Å². The zero-order valence-corrected chi connectivity index (χ0v) is 12.7. The van der Waals surface area contributed by atoms with Crippen molar-refractivity contribution in [3.8, 4) is 5.75 Å². The van der Waals surface area contributed by atoms with E-state index in [9.17, 15) is 9.90 Å². The number of carboxylic acids is 1. The number of ether oxygens (including phenoxy) is 1. The lowest BCUT2D eigenvalue weighted by Gasteiger charge is -2.44. The van der Waals surface area contributed by atoms with Crippen LogP contribution in [0.2, 0.25) is 0 Å². The molecule has 1 aromatic rings. The third-order valence-corrected chi connectivity index (χ3v) is 4.51. The zero-order valence-electron chi connectivity index (χ0n) is 11.1. The highest BCUT2D eigenvalue weighted by Crippen LogP contribution is 2.52. The number of rotatable bonds is 5. The van der Waals surface area contributed by atoms with Crippen molar-refractivity contribution in [2.45, 2.75) is 25.3 Å².